The van der Waals surface area contributed by atoms with Crippen LogP contribution < -0.4 is 0 Å². The van der Waals surface area contributed by atoms with E-state index in [1.165, 1.54) is 21.3 Å². The van der Waals surface area contributed by atoms with Gasteiger partial charge in [0.15, 0.2) is 10.9 Å². The molecule has 34 heavy (non-hydrogen) atoms. The second-order valence-electron chi connectivity index (χ2n) is 8.48. The number of carbonyl (C=O) groups is 2. The number of alkyl halides is 3. The average molecular weight is 495 g/mol. The lowest BCUT2D eigenvalue weighted by Crippen LogP contribution is -2.38. The van der Waals surface area contributed by atoms with Gasteiger partial charge in [-0.2, -0.15) is 18.3 Å². The molecule has 1 aliphatic heterocycles. The summed E-state index contributed by atoms with van der Waals surface area (Å²) in [7, 11) is 3.11. The topological polar surface area (TPSA) is 87.1 Å². The van der Waals surface area contributed by atoms with Gasteiger partial charge in [0.2, 0.25) is 5.91 Å². The molecule has 0 atom stereocenters. The number of carbonyl (C=O) groups excluding carboxylic acids is 2. The molecule has 0 saturated carbocycles. The lowest BCUT2D eigenvalue weighted by atomic mass is 10.0. The van der Waals surface area contributed by atoms with Crippen molar-refractivity contribution in [2.45, 2.75) is 44.2 Å². The maximum Gasteiger partial charge on any atom is 0.390 e. The van der Waals surface area contributed by atoms with Crippen molar-refractivity contribution in [1.82, 2.24) is 29.5 Å². The van der Waals surface area contributed by atoms with Gasteiger partial charge in [0.1, 0.15) is 0 Å². The zero-order valence-electron chi connectivity index (χ0n) is 19.1. The number of nitrogens with zero attached hydrogens (tertiary/aromatic N) is 5. The quantitative estimate of drug-likeness (QED) is 0.531. The first-order chi connectivity index (χ1) is 16.0. The van der Waals surface area contributed by atoms with E-state index in [2.05, 4.69) is 15.1 Å². The molecule has 8 nitrogen and oxygen atoms in total. The van der Waals surface area contributed by atoms with Crippen LogP contribution in [0.5, 0.6) is 0 Å². The van der Waals surface area contributed by atoms with E-state index in [4.69, 9.17) is 0 Å². The van der Waals surface area contributed by atoms with Crippen LogP contribution in [-0.2, 0) is 24.3 Å². The van der Waals surface area contributed by atoms with Gasteiger partial charge in [-0.05, 0) is 24.6 Å². The number of benzene rings is 1. The minimum atomic E-state index is -4.33. The van der Waals surface area contributed by atoms with Crippen molar-refractivity contribution < 1.29 is 22.8 Å². The fourth-order valence-corrected chi connectivity index (χ4v) is 4.68. The van der Waals surface area contributed by atoms with Crippen molar-refractivity contribution in [2.24, 2.45) is 0 Å². The number of hydrogen-bond donors (Lipinski definition) is 1. The number of aromatic amines is 1. The van der Waals surface area contributed by atoms with Crippen molar-refractivity contribution in [3.05, 3.63) is 40.7 Å². The van der Waals surface area contributed by atoms with E-state index in [0.717, 1.165) is 16.6 Å². The Morgan fingerprint density at radius 1 is 1.26 bits per heavy atom. The van der Waals surface area contributed by atoms with Gasteiger partial charge < -0.3 is 14.8 Å². The minimum Gasteiger partial charge on any atom is -0.343 e. The molecule has 4 rings (SSSR count). The predicted octanol–water partition coefficient (Wildman–Crippen LogP) is 3.40. The van der Waals surface area contributed by atoms with Crippen LogP contribution in [0.25, 0.3) is 11.0 Å². The number of thioether (sulfide) groups is 1. The van der Waals surface area contributed by atoms with Crippen molar-refractivity contribution >= 4 is 34.6 Å². The fraction of sp³-hybridized carbons (Fsp3) is 0.455. The third-order valence-corrected chi connectivity index (χ3v) is 6.51. The molecular weight excluding hydrogens is 469 g/mol. The van der Waals surface area contributed by atoms with Crippen molar-refractivity contribution in [2.75, 3.05) is 26.4 Å². The molecule has 3 heterocycles. The second-order valence-corrected chi connectivity index (χ2v) is 9.44. The van der Waals surface area contributed by atoms with Crippen LogP contribution in [0.1, 0.15) is 33.7 Å². The summed E-state index contributed by atoms with van der Waals surface area (Å²) in [4.78, 5) is 36.2. The minimum absolute atomic E-state index is 0.0972. The number of nitrogens with one attached hydrogen (secondary N) is 1. The number of aromatic nitrogens is 4. The zero-order valence-corrected chi connectivity index (χ0v) is 19.9. The molecule has 2 amide bonds. The summed E-state index contributed by atoms with van der Waals surface area (Å²) in [5.41, 5.74) is 4.02. The molecule has 12 heteroatoms. The smallest absolute Gasteiger partial charge is 0.343 e. The molecule has 2 aromatic heterocycles. The number of imidazole rings is 1. The molecule has 1 aliphatic rings. The van der Waals surface area contributed by atoms with Gasteiger partial charge in [-0.3, -0.25) is 14.3 Å². The summed E-state index contributed by atoms with van der Waals surface area (Å²) in [6.07, 6.45) is -5.03. The Kier molecular flexibility index (Phi) is 6.61. The van der Waals surface area contributed by atoms with E-state index in [1.807, 2.05) is 25.1 Å². The lowest BCUT2D eigenvalue weighted by Gasteiger charge is -2.28. The molecule has 182 valence electrons. The van der Waals surface area contributed by atoms with Gasteiger partial charge in [-0.25, -0.2) is 4.98 Å². The SMILES string of the molecule is Cc1ccc2nc(SCC(=O)N3CCc4c(c(C(=O)N(C)C)nn4CCC(F)(F)F)C3)[nH]c2c1. The summed E-state index contributed by atoms with van der Waals surface area (Å²) >= 11 is 1.29. The van der Waals surface area contributed by atoms with E-state index in [-0.39, 0.29) is 30.4 Å². The average Bonchev–Trinajstić information content (AvgIpc) is 3.35. The number of H-pyrrole nitrogens is 1. The standard InChI is InChI=1S/C22H25F3N6O2S/c1-13-4-5-15-16(10-13)27-21(26-15)34-12-18(32)30-8-6-17-14(11-30)19(20(33)29(2)3)28-31(17)9-7-22(23,24)25/h4-5,10H,6-9,11-12H2,1-3H3,(H,26,27). The van der Waals surface area contributed by atoms with Crippen LogP contribution in [0.15, 0.2) is 23.4 Å². The summed E-state index contributed by atoms with van der Waals surface area (Å²) in [5, 5.41) is 4.84. The normalized spacial score (nSPS) is 13.9. The molecule has 0 radical (unpaired) electrons. The molecule has 0 aliphatic carbocycles. The maximum atomic E-state index is 12.9. The Morgan fingerprint density at radius 2 is 2.03 bits per heavy atom. The third-order valence-electron chi connectivity index (χ3n) is 5.65. The molecule has 3 aromatic rings. The molecule has 0 fully saturated rings. The van der Waals surface area contributed by atoms with Crippen LogP contribution in [0.3, 0.4) is 0 Å². The fourth-order valence-electron chi connectivity index (χ4n) is 3.89. The van der Waals surface area contributed by atoms with E-state index in [9.17, 15) is 22.8 Å². The Bertz CT molecular complexity index is 1230. The number of fused-ring (bicyclic) bond motifs is 2. The first-order valence-corrected chi connectivity index (χ1v) is 11.7. The van der Waals surface area contributed by atoms with Crippen LogP contribution in [0, 0.1) is 6.92 Å². The van der Waals surface area contributed by atoms with Crippen molar-refractivity contribution in [3.63, 3.8) is 0 Å². The highest BCUT2D eigenvalue weighted by Crippen LogP contribution is 2.27. The predicted molar refractivity (Wildman–Crippen MR) is 122 cm³/mol. The Labute approximate surface area is 198 Å². The summed E-state index contributed by atoms with van der Waals surface area (Å²) in [5.74, 6) is -0.394. The number of rotatable bonds is 6. The van der Waals surface area contributed by atoms with Crippen molar-refractivity contribution in [1.29, 1.82) is 0 Å². The molecule has 1 N–H and O–H groups in total. The van der Waals surface area contributed by atoms with E-state index < -0.39 is 18.5 Å². The molecular formula is C22H25F3N6O2S. The highest BCUT2D eigenvalue weighted by atomic mass is 32.2. The maximum absolute atomic E-state index is 12.9. The Morgan fingerprint density at radius 3 is 2.74 bits per heavy atom. The molecule has 0 saturated heterocycles. The van der Waals surface area contributed by atoms with Crippen LogP contribution in [0.4, 0.5) is 13.2 Å². The van der Waals surface area contributed by atoms with Gasteiger partial charge in [0.05, 0.1) is 23.2 Å². The first-order valence-electron chi connectivity index (χ1n) is 10.8. The summed E-state index contributed by atoms with van der Waals surface area (Å²) < 4.78 is 39.6. The molecule has 0 unspecified atom stereocenters. The molecule has 0 bridgehead atoms. The van der Waals surface area contributed by atoms with E-state index >= 15 is 0 Å². The molecule has 0 spiro atoms. The van der Waals surface area contributed by atoms with Gasteiger partial charge in [-0.15, -0.1) is 0 Å². The first kappa shape index (κ1) is 24.1. The summed E-state index contributed by atoms with van der Waals surface area (Å²) in [6, 6.07) is 5.87. The van der Waals surface area contributed by atoms with Crippen LogP contribution in [0.2, 0.25) is 0 Å². The zero-order chi connectivity index (χ0) is 24.6. The number of halogens is 3. The monoisotopic (exact) mass is 494 g/mol. The van der Waals surface area contributed by atoms with Crippen LogP contribution >= 0.6 is 11.8 Å². The lowest BCUT2D eigenvalue weighted by molar-refractivity contribution is -0.137. The molecule has 1 aromatic carbocycles. The Balaban J connectivity index is 1.48. The van der Waals surface area contributed by atoms with Crippen LogP contribution in [-0.4, -0.2) is 73.9 Å². The summed E-state index contributed by atoms with van der Waals surface area (Å²) in [6.45, 7) is 2.11. The number of aryl methyl sites for hydroxylation is 2. The number of amides is 2. The van der Waals surface area contributed by atoms with Gasteiger partial charge in [0.25, 0.3) is 5.91 Å². The Hall–Kier alpha value is -3.02. The second kappa shape index (κ2) is 9.32. The van der Waals surface area contributed by atoms with Crippen molar-refractivity contribution in [3.8, 4) is 0 Å². The number of hydrogen-bond acceptors (Lipinski definition) is 5. The van der Waals surface area contributed by atoms with E-state index in [0.29, 0.717) is 29.4 Å². The van der Waals surface area contributed by atoms with Gasteiger partial charge in [-0.1, -0.05) is 17.8 Å². The van der Waals surface area contributed by atoms with E-state index in [1.54, 1.807) is 19.0 Å². The highest BCUT2D eigenvalue weighted by Gasteiger charge is 2.33. The largest absolute Gasteiger partial charge is 0.390 e. The van der Waals surface area contributed by atoms with Gasteiger partial charge >= 0.3 is 6.18 Å². The highest BCUT2D eigenvalue weighted by molar-refractivity contribution is 7.99. The third kappa shape index (κ3) is 5.21. The van der Waals surface area contributed by atoms with Gasteiger partial charge in [0, 0.05) is 51.4 Å².